The van der Waals surface area contributed by atoms with E-state index in [1.807, 2.05) is 12.1 Å². The van der Waals surface area contributed by atoms with Crippen LogP contribution in [0.3, 0.4) is 0 Å². The highest BCUT2D eigenvalue weighted by molar-refractivity contribution is 5.90. The topological polar surface area (TPSA) is 58.9 Å². The van der Waals surface area contributed by atoms with Crippen LogP contribution in [0.1, 0.15) is 47.2 Å². The molecule has 0 aliphatic heterocycles. The van der Waals surface area contributed by atoms with Crippen LogP contribution in [0.2, 0.25) is 0 Å². The first kappa shape index (κ1) is 37.7. The Labute approximate surface area is 335 Å². The van der Waals surface area contributed by atoms with Gasteiger partial charge in [0, 0.05) is 29.4 Å². The molecule has 8 aromatic carbocycles. The van der Waals surface area contributed by atoms with E-state index >= 15 is 0 Å². The third kappa shape index (κ3) is 8.20. The predicted molar refractivity (Wildman–Crippen MR) is 235 cm³/mol. The highest BCUT2D eigenvalue weighted by atomic mass is 16.5. The number of ether oxygens (including phenoxy) is 2. The van der Waals surface area contributed by atoms with Crippen molar-refractivity contribution < 1.29 is 19.7 Å². The van der Waals surface area contributed by atoms with E-state index in [1.54, 1.807) is 0 Å². The van der Waals surface area contributed by atoms with Crippen molar-refractivity contribution in [2.45, 2.75) is 32.1 Å². The minimum absolute atomic E-state index is 0.0817. The Morgan fingerprint density at radius 1 is 0.421 bits per heavy atom. The van der Waals surface area contributed by atoms with Gasteiger partial charge in [-0.3, -0.25) is 0 Å². The molecule has 8 rings (SSSR count). The second-order valence-corrected chi connectivity index (χ2v) is 15.2. The van der Waals surface area contributed by atoms with Crippen molar-refractivity contribution in [3.63, 3.8) is 0 Å². The highest BCUT2D eigenvalue weighted by Crippen LogP contribution is 2.45. The summed E-state index contributed by atoms with van der Waals surface area (Å²) >= 11 is 0. The maximum Gasteiger partial charge on any atom is 0.130 e. The van der Waals surface area contributed by atoms with Gasteiger partial charge in [-0.05, 0) is 90.3 Å². The maximum absolute atomic E-state index is 9.98. The van der Waals surface area contributed by atoms with Gasteiger partial charge in [-0.25, -0.2) is 0 Å². The zero-order chi connectivity index (χ0) is 39.2. The van der Waals surface area contributed by atoms with Gasteiger partial charge in [0.05, 0.1) is 13.2 Å². The van der Waals surface area contributed by atoms with Gasteiger partial charge >= 0.3 is 0 Å². The van der Waals surface area contributed by atoms with Gasteiger partial charge in [-0.15, -0.1) is 0 Å². The van der Waals surface area contributed by atoms with Crippen molar-refractivity contribution in [2.24, 2.45) is 0 Å². The summed E-state index contributed by atoms with van der Waals surface area (Å²) in [6.45, 7) is 4.82. The zero-order valence-electron chi connectivity index (χ0n) is 32.6. The summed E-state index contributed by atoms with van der Waals surface area (Å²) in [6.07, 6.45) is 1.34. The van der Waals surface area contributed by atoms with E-state index < -0.39 is 5.41 Å². The fraction of sp³-hybridized carbons (Fsp3) is 0.170. The fourth-order valence-corrected chi connectivity index (χ4v) is 7.94. The number of aliphatic hydroxyl groups excluding tert-OH is 2. The van der Waals surface area contributed by atoms with Gasteiger partial charge < -0.3 is 19.7 Å². The van der Waals surface area contributed by atoms with Crippen molar-refractivity contribution in [1.82, 2.24) is 0 Å². The highest BCUT2D eigenvalue weighted by Gasteiger charge is 2.29. The van der Waals surface area contributed by atoms with Gasteiger partial charge in [0.25, 0.3) is 0 Å². The summed E-state index contributed by atoms with van der Waals surface area (Å²) in [4.78, 5) is 0. The lowest BCUT2D eigenvalue weighted by Gasteiger charge is -2.31. The van der Waals surface area contributed by atoms with Crippen LogP contribution in [0.4, 0.5) is 0 Å². The normalized spacial score (nSPS) is 11.6. The molecule has 0 aromatic heterocycles. The number of benzene rings is 8. The van der Waals surface area contributed by atoms with E-state index in [1.165, 1.54) is 21.9 Å². The van der Waals surface area contributed by atoms with Crippen LogP contribution in [-0.2, 0) is 18.3 Å². The van der Waals surface area contributed by atoms with Gasteiger partial charge in [-0.1, -0.05) is 159 Å². The summed E-state index contributed by atoms with van der Waals surface area (Å²) in [7, 11) is 0. The molecule has 0 radical (unpaired) electrons. The SMILES string of the molecule is CC(C)(c1cc(Cc2ccccc2)c(OCCO)c(-c2ccc3ccccc3c2)c1)c1cc(Cc2ccccc2)c(OCCO)c(-c2ccc3ccccc3c2)c1. The molecular formula is C53H48O4. The maximum atomic E-state index is 9.98. The molecule has 2 N–H and O–H groups in total. The zero-order valence-corrected chi connectivity index (χ0v) is 32.6. The van der Waals surface area contributed by atoms with Crippen molar-refractivity contribution in [2.75, 3.05) is 26.4 Å². The van der Waals surface area contributed by atoms with E-state index in [9.17, 15) is 10.2 Å². The quantitative estimate of drug-likeness (QED) is 0.116. The molecule has 284 valence electrons. The van der Waals surface area contributed by atoms with E-state index in [-0.39, 0.29) is 26.4 Å². The first-order chi connectivity index (χ1) is 27.9. The number of hydrogen-bond acceptors (Lipinski definition) is 4. The molecule has 8 aromatic rings. The molecule has 0 aliphatic carbocycles. The lowest BCUT2D eigenvalue weighted by molar-refractivity contribution is 0.201. The molecule has 0 bridgehead atoms. The number of fused-ring (bicyclic) bond motifs is 2. The molecule has 0 atom stereocenters. The van der Waals surface area contributed by atoms with Crippen LogP contribution in [0, 0.1) is 0 Å². The number of aliphatic hydroxyl groups is 2. The molecule has 0 saturated heterocycles. The average Bonchev–Trinajstić information content (AvgIpc) is 3.25. The molecule has 4 nitrogen and oxygen atoms in total. The minimum atomic E-state index is -0.487. The van der Waals surface area contributed by atoms with E-state index in [0.29, 0.717) is 12.8 Å². The Morgan fingerprint density at radius 3 is 1.21 bits per heavy atom. The van der Waals surface area contributed by atoms with E-state index in [2.05, 4.69) is 172 Å². The van der Waals surface area contributed by atoms with Crippen molar-refractivity contribution in [3.05, 3.63) is 203 Å². The van der Waals surface area contributed by atoms with Gasteiger partial charge in [0.15, 0.2) is 0 Å². The molecule has 0 aliphatic rings. The second kappa shape index (κ2) is 16.9. The van der Waals surface area contributed by atoms with Gasteiger partial charge in [-0.2, -0.15) is 0 Å². The van der Waals surface area contributed by atoms with Crippen molar-refractivity contribution >= 4 is 21.5 Å². The van der Waals surface area contributed by atoms with Gasteiger partial charge in [0.1, 0.15) is 24.7 Å². The first-order valence-corrected chi connectivity index (χ1v) is 19.8. The second-order valence-electron chi connectivity index (χ2n) is 15.2. The van der Waals surface area contributed by atoms with Crippen molar-refractivity contribution in [1.29, 1.82) is 0 Å². The molecular weight excluding hydrogens is 701 g/mol. The Kier molecular flexibility index (Phi) is 11.2. The lowest BCUT2D eigenvalue weighted by atomic mass is 9.74. The smallest absolute Gasteiger partial charge is 0.130 e. The molecule has 0 fully saturated rings. The Balaban J connectivity index is 1.36. The van der Waals surface area contributed by atoms with Crippen molar-refractivity contribution in [3.8, 4) is 33.8 Å². The molecule has 4 heteroatoms. The Bertz CT molecular complexity index is 2450. The third-order valence-electron chi connectivity index (χ3n) is 11.0. The van der Waals surface area contributed by atoms with Crippen LogP contribution in [0.5, 0.6) is 11.5 Å². The number of hydrogen-bond donors (Lipinski definition) is 2. The average molecular weight is 749 g/mol. The molecule has 0 unspecified atom stereocenters. The van der Waals surface area contributed by atoms with Crippen LogP contribution in [0.25, 0.3) is 43.8 Å². The van der Waals surface area contributed by atoms with Gasteiger partial charge in [0.2, 0.25) is 0 Å². The van der Waals surface area contributed by atoms with Crippen LogP contribution < -0.4 is 9.47 Å². The first-order valence-electron chi connectivity index (χ1n) is 19.8. The van der Waals surface area contributed by atoms with Crippen LogP contribution in [-0.4, -0.2) is 36.6 Å². The lowest BCUT2D eigenvalue weighted by Crippen LogP contribution is -2.21. The monoisotopic (exact) mass is 748 g/mol. The molecule has 0 heterocycles. The van der Waals surface area contributed by atoms with E-state index in [4.69, 9.17) is 9.47 Å². The molecule has 0 saturated carbocycles. The summed E-state index contributed by atoms with van der Waals surface area (Å²) in [5.41, 5.74) is 10.4. The third-order valence-corrected chi connectivity index (χ3v) is 11.0. The minimum Gasteiger partial charge on any atom is -0.490 e. The standard InChI is InChI=1S/C53H48O4/c1-53(2,47-33-45(29-37-13-5-3-6-14-37)51(56-27-25-54)49(35-47)43-23-21-39-17-9-11-19-41(39)31-43)48-34-46(30-38-15-7-4-8-16-38)52(57-28-26-55)50(36-48)44-24-22-40-18-10-12-20-42(40)32-44/h3-24,31-36,54-55H,25-30H2,1-2H3. The summed E-state index contributed by atoms with van der Waals surface area (Å²) in [5, 5.41) is 24.6. The fourth-order valence-electron chi connectivity index (χ4n) is 7.94. The van der Waals surface area contributed by atoms with E-state index in [0.717, 1.165) is 66.8 Å². The van der Waals surface area contributed by atoms with Crippen LogP contribution in [0.15, 0.2) is 170 Å². The molecule has 57 heavy (non-hydrogen) atoms. The summed E-state index contributed by atoms with van der Waals surface area (Å²) < 4.78 is 13.0. The Morgan fingerprint density at radius 2 is 0.807 bits per heavy atom. The molecule has 0 amide bonds. The predicted octanol–water partition coefficient (Wildman–Crippen LogP) is 11.6. The van der Waals surface area contributed by atoms with Crippen LogP contribution >= 0.6 is 0 Å². The largest absolute Gasteiger partial charge is 0.490 e. The number of rotatable bonds is 14. The Hall–Kier alpha value is -6.20. The summed E-state index contributed by atoms with van der Waals surface area (Å²) in [5.74, 6) is 1.58. The molecule has 0 spiro atoms. The summed E-state index contributed by atoms with van der Waals surface area (Å²) in [6, 6.07) is 60.2.